The zero-order chi connectivity index (χ0) is 20.3. The molecule has 0 saturated carbocycles. The number of hydrogen-bond acceptors (Lipinski definition) is 4. The van der Waals surface area contributed by atoms with E-state index in [4.69, 9.17) is 23.2 Å². The van der Waals surface area contributed by atoms with Gasteiger partial charge in [-0.3, -0.25) is 9.69 Å². The predicted octanol–water partition coefficient (Wildman–Crippen LogP) is 3.42. The van der Waals surface area contributed by atoms with E-state index in [1.807, 2.05) is 41.3 Å². The smallest absolute Gasteiger partial charge is 0.244 e. The molecule has 1 atom stereocenters. The molecule has 2 aromatic carbocycles. The first kappa shape index (κ1) is 21.1. The van der Waals surface area contributed by atoms with E-state index in [0.29, 0.717) is 29.7 Å². The highest BCUT2D eigenvalue weighted by molar-refractivity contribution is 7.91. The van der Waals surface area contributed by atoms with Crippen LogP contribution >= 0.6 is 23.2 Å². The number of benzene rings is 2. The topological polar surface area (TPSA) is 57.7 Å². The van der Waals surface area contributed by atoms with Crippen molar-refractivity contribution in [3.05, 3.63) is 69.7 Å². The molecule has 1 aliphatic heterocycles. The molecule has 0 spiro atoms. The normalized spacial score (nSPS) is 17.8. The van der Waals surface area contributed by atoms with Crippen molar-refractivity contribution in [2.75, 3.05) is 31.6 Å². The number of nitrogens with zero attached hydrogens (tertiary/aromatic N) is 2. The van der Waals surface area contributed by atoms with Crippen LogP contribution in [0.4, 0.5) is 0 Å². The van der Waals surface area contributed by atoms with Gasteiger partial charge in [-0.25, -0.2) is 8.42 Å². The van der Waals surface area contributed by atoms with Crippen LogP contribution in [0.25, 0.3) is 0 Å². The van der Waals surface area contributed by atoms with E-state index in [-0.39, 0.29) is 17.4 Å². The number of carbonyl (C=O) groups excluding carboxylic acids is 1. The molecule has 0 aliphatic carbocycles. The molecular weight excluding hydrogens is 419 g/mol. The van der Waals surface area contributed by atoms with Crippen LogP contribution in [-0.2, 0) is 21.2 Å². The van der Waals surface area contributed by atoms with Gasteiger partial charge in [0.15, 0.2) is 9.84 Å². The molecule has 0 radical (unpaired) electrons. The van der Waals surface area contributed by atoms with Crippen LogP contribution in [-0.4, -0.2) is 55.8 Å². The van der Waals surface area contributed by atoms with Crippen LogP contribution in [0.5, 0.6) is 0 Å². The molecule has 1 fully saturated rings. The minimum Gasteiger partial charge on any atom is -0.340 e. The zero-order valence-corrected chi connectivity index (χ0v) is 17.8. The first-order valence-electron chi connectivity index (χ1n) is 8.96. The molecular formula is C20H22Cl2N2O3S. The number of halogens is 2. The van der Waals surface area contributed by atoms with Crippen LogP contribution in [0.2, 0.25) is 10.0 Å². The average molecular weight is 441 g/mol. The van der Waals surface area contributed by atoms with Gasteiger partial charge in [-0.05, 0) is 17.2 Å². The van der Waals surface area contributed by atoms with Crippen LogP contribution in [0, 0.1) is 0 Å². The summed E-state index contributed by atoms with van der Waals surface area (Å²) in [6.45, 7) is 0.979. The van der Waals surface area contributed by atoms with E-state index in [9.17, 15) is 13.2 Å². The van der Waals surface area contributed by atoms with Crippen molar-refractivity contribution >= 4 is 38.9 Å². The van der Waals surface area contributed by atoms with Gasteiger partial charge < -0.3 is 4.90 Å². The molecule has 3 rings (SSSR count). The van der Waals surface area contributed by atoms with Gasteiger partial charge >= 0.3 is 0 Å². The molecule has 2 aromatic rings. The second kappa shape index (κ2) is 8.82. The summed E-state index contributed by atoms with van der Waals surface area (Å²) in [7, 11) is -1.32. The Balaban J connectivity index is 1.85. The number of carbonyl (C=O) groups is 1. The van der Waals surface area contributed by atoms with Crippen molar-refractivity contribution < 1.29 is 13.2 Å². The number of sulfone groups is 1. The van der Waals surface area contributed by atoms with Gasteiger partial charge in [-0.1, -0.05) is 65.7 Å². The lowest BCUT2D eigenvalue weighted by atomic mass is 10.0. The maximum absolute atomic E-state index is 13.4. The molecule has 150 valence electrons. The number of hydrogen-bond donors (Lipinski definition) is 0. The zero-order valence-electron chi connectivity index (χ0n) is 15.5. The molecule has 1 aliphatic rings. The van der Waals surface area contributed by atoms with Crippen LogP contribution in [0.3, 0.4) is 0 Å². The maximum Gasteiger partial charge on any atom is 0.244 e. The molecule has 8 heteroatoms. The lowest BCUT2D eigenvalue weighted by Crippen LogP contribution is -2.47. The SMILES string of the molecule is CN(Cc1cccc(Cl)c1Cl)C(=O)C(c1ccccc1)N1CCS(=O)(=O)CC1. The van der Waals surface area contributed by atoms with Crippen molar-refractivity contribution in [2.24, 2.45) is 0 Å². The summed E-state index contributed by atoms with van der Waals surface area (Å²) >= 11 is 12.4. The average Bonchev–Trinajstić information content (AvgIpc) is 2.67. The lowest BCUT2D eigenvalue weighted by molar-refractivity contribution is -0.136. The standard InChI is InChI=1S/C20H22Cl2N2O3S/c1-23(14-16-8-5-9-17(21)18(16)22)20(25)19(15-6-3-2-4-7-15)24-10-12-28(26,27)13-11-24/h2-9,19H,10-14H2,1H3. The van der Waals surface area contributed by atoms with E-state index in [2.05, 4.69) is 0 Å². The monoisotopic (exact) mass is 440 g/mol. The van der Waals surface area contributed by atoms with E-state index in [0.717, 1.165) is 11.1 Å². The first-order valence-corrected chi connectivity index (χ1v) is 11.5. The van der Waals surface area contributed by atoms with Crippen molar-refractivity contribution in [3.63, 3.8) is 0 Å². The summed E-state index contributed by atoms with van der Waals surface area (Å²) in [5.74, 6) is 0.0162. The quantitative estimate of drug-likeness (QED) is 0.714. The van der Waals surface area contributed by atoms with Crippen LogP contribution in [0.15, 0.2) is 48.5 Å². The second-order valence-electron chi connectivity index (χ2n) is 6.91. The highest BCUT2D eigenvalue weighted by Crippen LogP contribution is 2.29. The fourth-order valence-corrected chi connectivity index (χ4v) is 4.95. The van der Waals surface area contributed by atoms with Crippen molar-refractivity contribution in [1.29, 1.82) is 0 Å². The van der Waals surface area contributed by atoms with Gasteiger partial charge in [0.25, 0.3) is 0 Å². The largest absolute Gasteiger partial charge is 0.340 e. The summed E-state index contributed by atoms with van der Waals surface area (Å²) in [5, 5.41) is 0.880. The Bertz CT molecular complexity index is 937. The molecule has 0 bridgehead atoms. The Hall–Kier alpha value is -1.60. The summed E-state index contributed by atoms with van der Waals surface area (Å²) < 4.78 is 23.6. The minimum absolute atomic E-state index is 0.0629. The van der Waals surface area contributed by atoms with Gasteiger partial charge in [0.2, 0.25) is 5.91 Å². The fraction of sp³-hybridized carbons (Fsp3) is 0.350. The van der Waals surface area contributed by atoms with Crippen LogP contribution < -0.4 is 0 Å². The van der Waals surface area contributed by atoms with E-state index in [1.54, 1.807) is 24.1 Å². The van der Waals surface area contributed by atoms with Crippen molar-refractivity contribution in [2.45, 2.75) is 12.6 Å². The number of rotatable bonds is 5. The van der Waals surface area contributed by atoms with Gasteiger partial charge in [-0.15, -0.1) is 0 Å². The summed E-state index contributed by atoms with van der Waals surface area (Å²) in [6, 6.07) is 14.2. The maximum atomic E-state index is 13.4. The third-order valence-electron chi connectivity index (χ3n) is 4.91. The molecule has 1 heterocycles. The van der Waals surface area contributed by atoms with Crippen LogP contribution in [0.1, 0.15) is 17.2 Å². The highest BCUT2D eigenvalue weighted by Gasteiger charge is 2.34. The molecule has 1 unspecified atom stereocenters. The summed E-state index contributed by atoms with van der Waals surface area (Å²) in [4.78, 5) is 16.9. The molecule has 28 heavy (non-hydrogen) atoms. The van der Waals surface area contributed by atoms with Crippen molar-refractivity contribution in [1.82, 2.24) is 9.80 Å². The van der Waals surface area contributed by atoms with Crippen molar-refractivity contribution in [3.8, 4) is 0 Å². The van der Waals surface area contributed by atoms with Gasteiger partial charge in [0, 0.05) is 26.7 Å². The van der Waals surface area contributed by atoms with E-state index < -0.39 is 15.9 Å². The third kappa shape index (κ3) is 4.87. The molecule has 1 saturated heterocycles. The number of amides is 1. The lowest BCUT2D eigenvalue weighted by Gasteiger charge is -2.36. The molecule has 5 nitrogen and oxygen atoms in total. The Morgan fingerprint density at radius 1 is 1.07 bits per heavy atom. The summed E-state index contributed by atoms with van der Waals surface area (Å²) in [6.07, 6.45) is 0. The molecule has 0 N–H and O–H groups in total. The van der Waals surface area contributed by atoms with Gasteiger partial charge in [0.05, 0.1) is 21.6 Å². The second-order valence-corrected chi connectivity index (χ2v) is 10.00. The molecule has 1 amide bonds. The Kier molecular flexibility index (Phi) is 6.65. The number of likely N-dealkylation sites (N-methyl/N-ethyl adjacent to an activating group) is 1. The van der Waals surface area contributed by atoms with Gasteiger partial charge in [-0.2, -0.15) is 0 Å². The highest BCUT2D eigenvalue weighted by atomic mass is 35.5. The molecule has 0 aromatic heterocycles. The van der Waals surface area contributed by atoms with Gasteiger partial charge in [0.1, 0.15) is 6.04 Å². The predicted molar refractivity (Wildman–Crippen MR) is 112 cm³/mol. The Morgan fingerprint density at radius 2 is 1.71 bits per heavy atom. The summed E-state index contributed by atoms with van der Waals surface area (Å²) in [5.41, 5.74) is 1.61. The third-order valence-corrected chi connectivity index (χ3v) is 7.38. The van der Waals surface area contributed by atoms with E-state index >= 15 is 0 Å². The first-order chi connectivity index (χ1) is 13.3. The Morgan fingerprint density at radius 3 is 2.36 bits per heavy atom. The fourth-order valence-electron chi connectivity index (χ4n) is 3.34. The Labute approximate surface area is 175 Å². The van der Waals surface area contributed by atoms with E-state index in [1.165, 1.54) is 0 Å². The minimum atomic E-state index is -3.03.